The summed E-state index contributed by atoms with van der Waals surface area (Å²) in [4.78, 5) is 0. The van der Waals surface area contributed by atoms with Crippen molar-refractivity contribution < 1.29 is 9.13 Å². The standard InChI is InChI=1S/C11H11FO/c1-3-9(2)13-8-10-4-6-11(12)7-5-10/h3-7H,1-2,8H2. The SMILES string of the molecule is C=CC(=C)OCc1ccc(F)cc1. The van der Waals surface area contributed by atoms with E-state index in [-0.39, 0.29) is 5.82 Å². The minimum atomic E-state index is -0.244. The molecule has 0 spiro atoms. The Labute approximate surface area is 77.2 Å². The van der Waals surface area contributed by atoms with E-state index in [0.29, 0.717) is 12.4 Å². The van der Waals surface area contributed by atoms with Crippen LogP contribution in [0.3, 0.4) is 0 Å². The third-order valence-corrected chi connectivity index (χ3v) is 1.57. The molecular formula is C11H11FO. The van der Waals surface area contributed by atoms with Gasteiger partial charge in [-0.25, -0.2) is 4.39 Å². The molecule has 0 saturated heterocycles. The van der Waals surface area contributed by atoms with E-state index in [1.807, 2.05) is 0 Å². The van der Waals surface area contributed by atoms with E-state index >= 15 is 0 Å². The molecular weight excluding hydrogens is 167 g/mol. The molecule has 0 atom stereocenters. The van der Waals surface area contributed by atoms with Gasteiger partial charge in [-0.05, 0) is 23.8 Å². The Kier molecular flexibility index (Phi) is 3.26. The lowest BCUT2D eigenvalue weighted by atomic mass is 10.2. The van der Waals surface area contributed by atoms with Gasteiger partial charge in [0.2, 0.25) is 0 Å². The third kappa shape index (κ3) is 3.11. The zero-order valence-electron chi connectivity index (χ0n) is 7.29. The number of rotatable bonds is 4. The molecule has 13 heavy (non-hydrogen) atoms. The van der Waals surface area contributed by atoms with Crippen molar-refractivity contribution in [2.24, 2.45) is 0 Å². The van der Waals surface area contributed by atoms with Crippen molar-refractivity contribution in [3.63, 3.8) is 0 Å². The highest BCUT2D eigenvalue weighted by Gasteiger charge is 1.94. The van der Waals surface area contributed by atoms with Crippen molar-refractivity contribution in [1.82, 2.24) is 0 Å². The van der Waals surface area contributed by atoms with Crippen LogP contribution in [0.1, 0.15) is 5.56 Å². The summed E-state index contributed by atoms with van der Waals surface area (Å²) in [5, 5.41) is 0. The van der Waals surface area contributed by atoms with Crippen LogP contribution < -0.4 is 0 Å². The maximum atomic E-state index is 12.5. The molecule has 0 aliphatic rings. The van der Waals surface area contributed by atoms with Gasteiger partial charge in [-0.2, -0.15) is 0 Å². The molecule has 0 fully saturated rings. The van der Waals surface area contributed by atoms with Crippen molar-refractivity contribution >= 4 is 0 Å². The molecule has 1 aromatic rings. The van der Waals surface area contributed by atoms with Crippen LogP contribution >= 0.6 is 0 Å². The summed E-state index contributed by atoms with van der Waals surface area (Å²) in [6, 6.07) is 6.14. The van der Waals surface area contributed by atoms with Crippen molar-refractivity contribution in [1.29, 1.82) is 0 Å². The smallest absolute Gasteiger partial charge is 0.123 e. The Balaban J connectivity index is 2.50. The number of benzene rings is 1. The predicted octanol–water partition coefficient (Wildman–Crippen LogP) is 3.04. The van der Waals surface area contributed by atoms with E-state index in [9.17, 15) is 4.39 Å². The first-order valence-electron chi connectivity index (χ1n) is 3.91. The molecule has 0 radical (unpaired) electrons. The van der Waals surface area contributed by atoms with Gasteiger partial charge in [0.05, 0.1) is 0 Å². The lowest BCUT2D eigenvalue weighted by molar-refractivity contribution is 0.212. The molecule has 0 aromatic heterocycles. The van der Waals surface area contributed by atoms with Gasteiger partial charge in [0.1, 0.15) is 18.2 Å². The summed E-state index contributed by atoms with van der Waals surface area (Å²) in [6.45, 7) is 7.49. The molecule has 1 nitrogen and oxygen atoms in total. The van der Waals surface area contributed by atoms with Gasteiger partial charge < -0.3 is 4.74 Å². The zero-order chi connectivity index (χ0) is 9.68. The Morgan fingerprint density at radius 3 is 2.54 bits per heavy atom. The van der Waals surface area contributed by atoms with Crippen LogP contribution in [0.15, 0.2) is 49.3 Å². The van der Waals surface area contributed by atoms with Gasteiger partial charge in [-0.15, -0.1) is 0 Å². The Morgan fingerprint density at radius 2 is 2.00 bits per heavy atom. The molecule has 1 aromatic carbocycles. The molecule has 0 saturated carbocycles. The molecule has 0 aliphatic carbocycles. The number of allylic oxidation sites excluding steroid dienone is 1. The van der Waals surface area contributed by atoms with Crippen LogP contribution in [0.5, 0.6) is 0 Å². The fourth-order valence-electron chi connectivity index (χ4n) is 0.816. The van der Waals surface area contributed by atoms with Crippen molar-refractivity contribution in [3.8, 4) is 0 Å². The topological polar surface area (TPSA) is 9.23 Å². The van der Waals surface area contributed by atoms with E-state index in [1.165, 1.54) is 18.2 Å². The highest BCUT2D eigenvalue weighted by atomic mass is 19.1. The lowest BCUT2D eigenvalue weighted by Gasteiger charge is -2.04. The van der Waals surface area contributed by atoms with E-state index in [4.69, 9.17) is 4.74 Å². The first-order chi connectivity index (χ1) is 6.22. The lowest BCUT2D eigenvalue weighted by Crippen LogP contribution is -1.90. The molecule has 0 heterocycles. The average molecular weight is 178 g/mol. The van der Waals surface area contributed by atoms with Crippen LogP contribution in [0.4, 0.5) is 4.39 Å². The second kappa shape index (κ2) is 4.45. The fourth-order valence-corrected chi connectivity index (χ4v) is 0.816. The third-order valence-electron chi connectivity index (χ3n) is 1.57. The summed E-state index contributed by atoms with van der Waals surface area (Å²) >= 11 is 0. The van der Waals surface area contributed by atoms with Gasteiger partial charge in [0, 0.05) is 0 Å². The van der Waals surface area contributed by atoms with Gasteiger partial charge in [-0.3, -0.25) is 0 Å². The van der Waals surface area contributed by atoms with Crippen molar-refractivity contribution in [2.75, 3.05) is 0 Å². The quantitative estimate of drug-likeness (QED) is 0.508. The second-order valence-corrected chi connectivity index (χ2v) is 2.59. The van der Waals surface area contributed by atoms with Gasteiger partial charge in [0.25, 0.3) is 0 Å². The maximum Gasteiger partial charge on any atom is 0.123 e. The molecule has 68 valence electrons. The maximum absolute atomic E-state index is 12.5. The molecule has 2 heteroatoms. The normalized spacial score (nSPS) is 9.31. The Bertz CT molecular complexity index is 300. The van der Waals surface area contributed by atoms with E-state index in [0.717, 1.165) is 5.56 Å². The number of hydrogen-bond acceptors (Lipinski definition) is 1. The molecule has 0 unspecified atom stereocenters. The molecule has 0 bridgehead atoms. The van der Waals surface area contributed by atoms with Gasteiger partial charge in [0.15, 0.2) is 0 Å². The Morgan fingerprint density at radius 1 is 1.38 bits per heavy atom. The van der Waals surface area contributed by atoms with Crippen LogP contribution in [-0.2, 0) is 11.3 Å². The van der Waals surface area contributed by atoms with Crippen LogP contribution in [0, 0.1) is 5.82 Å². The van der Waals surface area contributed by atoms with E-state index < -0.39 is 0 Å². The molecule has 0 amide bonds. The van der Waals surface area contributed by atoms with Gasteiger partial charge >= 0.3 is 0 Å². The fraction of sp³-hybridized carbons (Fsp3) is 0.0909. The minimum Gasteiger partial charge on any atom is -0.490 e. The molecule has 0 N–H and O–H groups in total. The molecule has 0 aliphatic heterocycles. The van der Waals surface area contributed by atoms with E-state index in [1.54, 1.807) is 12.1 Å². The number of ether oxygens (including phenoxy) is 1. The van der Waals surface area contributed by atoms with Crippen LogP contribution in [0.25, 0.3) is 0 Å². The summed E-state index contributed by atoms with van der Waals surface area (Å²) < 4.78 is 17.7. The van der Waals surface area contributed by atoms with Crippen molar-refractivity contribution in [3.05, 3.63) is 60.6 Å². The Hall–Kier alpha value is -1.57. The van der Waals surface area contributed by atoms with Gasteiger partial charge in [-0.1, -0.05) is 25.3 Å². The largest absolute Gasteiger partial charge is 0.490 e. The van der Waals surface area contributed by atoms with E-state index in [2.05, 4.69) is 13.2 Å². The summed E-state index contributed by atoms with van der Waals surface area (Å²) in [5.41, 5.74) is 0.907. The highest BCUT2D eigenvalue weighted by molar-refractivity contribution is 5.15. The monoisotopic (exact) mass is 178 g/mol. The van der Waals surface area contributed by atoms with Crippen molar-refractivity contribution in [2.45, 2.75) is 6.61 Å². The first kappa shape index (κ1) is 9.52. The van der Waals surface area contributed by atoms with Crippen LogP contribution in [0.2, 0.25) is 0 Å². The summed E-state index contributed by atoms with van der Waals surface area (Å²) in [6.07, 6.45) is 1.53. The minimum absolute atomic E-state index is 0.244. The second-order valence-electron chi connectivity index (χ2n) is 2.59. The predicted molar refractivity (Wildman–Crippen MR) is 50.5 cm³/mol. The first-order valence-corrected chi connectivity index (χ1v) is 3.91. The van der Waals surface area contributed by atoms with Crippen LogP contribution in [-0.4, -0.2) is 0 Å². The highest BCUT2D eigenvalue weighted by Crippen LogP contribution is 2.06. The number of hydrogen-bond donors (Lipinski definition) is 0. The molecule has 1 rings (SSSR count). The zero-order valence-corrected chi connectivity index (χ0v) is 7.29. The number of halogens is 1. The average Bonchev–Trinajstić information content (AvgIpc) is 2.16. The summed E-state index contributed by atoms with van der Waals surface area (Å²) in [5.74, 6) is 0.274. The summed E-state index contributed by atoms with van der Waals surface area (Å²) in [7, 11) is 0.